The molecule has 0 aliphatic rings. The summed E-state index contributed by atoms with van der Waals surface area (Å²) >= 11 is 0. The van der Waals surface area contributed by atoms with E-state index in [1.54, 1.807) is 0 Å². The van der Waals surface area contributed by atoms with Crippen molar-refractivity contribution in [2.24, 2.45) is 5.92 Å². The maximum absolute atomic E-state index is 13.3. The van der Waals surface area contributed by atoms with Gasteiger partial charge in [0.05, 0.1) is 12.0 Å². The Hall–Kier alpha value is -1.71. The molecule has 0 bridgehead atoms. The van der Waals surface area contributed by atoms with E-state index in [4.69, 9.17) is 4.43 Å². The summed E-state index contributed by atoms with van der Waals surface area (Å²) in [6.45, 7) is 8.81. The number of rotatable bonds is 10. The lowest BCUT2D eigenvalue weighted by Gasteiger charge is -2.36. The van der Waals surface area contributed by atoms with E-state index in [0.717, 1.165) is 35.7 Å². The van der Waals surface area contributed by atoms with Crippen LogP contribution in [-0.4, -0.2) is 14.1 Å². The van der Waals surface area contributed by atoms with Crippen molar-refractivity contribution in [1.82, 2.24) is 0 Å². The van der Waals surface area contributed by atoms with Crippen LogP contribution >= 0.6 is 0 Å². The fourth-order valence-electron chi connectivity index (χ4n) is 3.65. The molecule has 0 heterocycles. The zero-order valence-corrected chi connectivity index (χ0v) is 17.6. The molecular formula is C23H32O2Si. The summed E-state index contributed by atoms with van der Waals surface area (Å²) in [6.07, 6.45) is 0.606. The van der Waals surface area contributed by atoms with Gasteiger partial charge in [0.2, 0.25) is 0 Å². The van der Waals surface area contributed by atoms with E-state index in [1.807, 2.05) is 48.5 Å². The summed E-state index contributed by atoms with van der Waals surface area (Å²) in [6, 6.07) is 23.2. The minimum absolute atomic E-state index is 0.156. The van der Waals surface area contributed by atoms with Crippen molar-refractivity contribution in [3.05, 3.63) is 71.8 Å². The molecule has 0 radical (unpaired) electrons. The second kappa shape index (κ2) is 9.84. The van der Waals surface area contributed by atoms with Crippen molar-refractivity contribution in [2.75, 3.05) is 0 Å². The zero-order valence-electron chi connectivity index (χ0n) is 16.6. The highest BCUT2D eigenvalue weighted by atomic mass is 28.4. The molecule has 26 heavy (non-hydrogen) atoms. The molecular weight excluding hydrogens is 336 g/mol. The lowest BCUT2D eigenvalue weighted by atomic mass is 9.87. The van der Waals surface area contributed by atoms with Crippen molar-refractivity contribution in [1.29, 1.82) is 0 Å². The molecule has 0 aliphatic carbocycles. The van der Waals surface area contributed by atoms with E-state index in [0.29, 0.717) is 0 Å². The molecule has 0 aromatic heterocycles. The number of carbonyl (C=O) groups is 1. The third-order valence-corrected chi connectivity index (χ3v) is 10.3. The smallest absolute Gasteiger partial charge is 0.192 e. The van der Waals surface area contributed by atoms with E-state index in [2.05, 4.69) is 39.8 Å². The van der Waals surface area contributed by atoms with Gasteiger partial charge in [0.15, 0.2) is 14.1 Å². The Morgan fingerprint density at radius 3 is 1.81 bits per heavy atom. The summed E-state index contributed by atoms with van der Waals surface area (Å²) in [5, 5.41) is 0. The maximum atomic E-state index is 13.3. The van der Waals surface area contributed by atoms with E-state index >= 15 is 0 Å². The largest absolute Gasteiger partial charge is 0.409 e. The van der Waals surface area contributed by atoms with Gasteiger partial charge in [-0.1, -0.05) is 88.4 Å². The number of ketones is 1. The summed E-state index contributed by atoms with van der Waals surface area (Å²) in [5.74, 6) is 0.0319. The fraction of sp³-hybridized carbons (Fsp3) is 0.435. The van der Waals surface area contributed by atoms with Gasteiger partial charge in [0.1, 0.15) is 0 Å². The molecule has 2 aromatic rings. The summed E-state index contributed by atoms with van der Waals surface area (Å²) < 4.78 is 6.89. The standard InChI is InChI=1S/C23H32O2Si/c1-5-21(22(24)19-15-11-9-12-16-19)23(20-17-13-10-14-18-20)25-26(6-2,7-3)8-4/h9-18,21,23H,5-8H2,1-4H3/t21-,23-/m1/s1. The van der Waals surface area contributed by atoms with Crippen molar-refractivity contribution in [2.45, 2.75) is 58.4 Å². The Bertz CT molecular complexity index is 657. The second-order valence-electron chi connectivity index (χ2n) is 6.94. The average Bonchev–Trinajstić information content (AvgIpc) is 2.72. The zero-order chi connectivity index (χ0) is 19.0. The predicted octanol–water partition coefficient (Wildman–Crippen LogP) is 6.66. The third kappa shape index (κ3) is 4.71. The van der Waals surface area contributed by atoms with Gasteiger partial charge in [-0.15, -0.1) is 0 Å². The Morgan fingerprint density at radius 1 is 0.846 bits per heavy atom. The lowest BCUT2D eigenvalue weighted by molar-refractivity contribution is 0.0705. The van der Waals surface area contributed by atoms with E-state index in [-0.39, 0.29) is 17.8 Å². The normalized spacial score (nSPS) is 14.0. The molecule has 0 aliphatic heterocycles. The Kier molecular flexibility index (Phi) is 7.79. The van der Waals surface area contributed by atoms with Crippen LogP contribution in [-0.2, 0) is 4.43 Å². The second-order valence-corrected chi connectivity index (χ2v) is 11.7. The third-order valence-electron chi connectivity index (χ3n) is 5.64. The molecule has 0 fully saturated rings. The number of hydrogen-bond acceptors (Lipinski definition) is 2. The van der Waals surface area contributed by atoms with Crippen LogP contribution in [0.15, 0.2) is 60.7 Å². The topological polar surface area (TPSA) is 26.3 Å². The molecule has 0 amide bonds. The molecule has 0 spiro atoms. The molecule has 2 atom stereocenters. The van der Waals surface area contributed by atoms with Gasteiger partial charge >= 0.3 is 0 Å². The van der Waals surface area contributed by atoms with Crippen LogP contribution in [0.1, 0.15) is 56.1 Å². The highest BCUT2D eigenvalue weighted by molar-refractivity contribution is 6.73. The number of carbonyl (C=O) groups excluding carboxylic acids is 1. The summed E-state index contributed by atoms with van der Waals surface area (Å²) in [7, 11) is -1.84. The molecule has 0 saturated carbocycles. The van der Waals surface area contributed by atoms with Gasteiger partial charge in [-0.25, -0.2) is 0 Å². The Labute approximate surface area is 159 Å². The van der Waals surface area contributed by atoms with Gasteiger partial charge in [0.25, 0.3) is 0 Å². The number of benzene rings is 2. The van der Waals surface area contributed by atoms with E-state index < -0.39 is 8.32 Å². The summed E-state index contributed by atoms with van der Waals surface area (Å²) in [5.41, 5.74) is 1.90. The molecule has 140 valence electrons. The summed E-state index contributed by atoms with van der Waals surface area (Å²) in [4.78, 5) is 13.3. The van der Waals surface area contributed by atoms with Crippen LogP contribution in [0, 0.1) is 5.92 Å². The highest BCUT2D eigenvalue weighted by Crippen LogP contribution is 2.37. The lowest BCUT2D eigenvalue weighted by Crippen LogP contribution is -2.40. The molecule has 0 unspecified atom stereocenters. The van der Waals surface area contributed by atoms with Crippen molar-refractivity contribution in [3.63, 3.8) is 0 Å². The SMILES string of the molecule is CC[C@H](C(=O)c1ccccc1)[C@H](O[Si](CC)(CC)CC)c1ccccc1. The molecule has 2 aromatic carbocycles. The van der Waals surface area contributed by atoms with Crippen molar-refractivity contribution >= 4 is 14.1 Å². The van der Waals surface area contributed by atoms with Crippen LogP contribution in [0.25, 0.3) is 0 Å². The van der Waals surface area contributed by atoms with Gasteiger partial charge in [-0.05, 0) is 30.1 Å². The first-order chi connectivity index (χ1) is 12.6. The van der Waals surface area contributed by atoms with Crippen LogP contribution < -0.4 is 0 Å². The Balaban J connectivity index is 2.43. The number of hydrogen-bond donors (Lipinski definition) is 0. The molecule has 0 saturated heterocycles. The Morgan fingerprint density at radius 2 is 1.35 bits per heavy atom. The van der Waals surface area contributed by atoms with Crippen LogP contribution in [0.4, 0.5) is 0 Å². The van der Waals surface area contributed by atoms with Crippen LogP contribution in [0.3, 0.4) is 0 Å². The number of Topliss-reactive ketones (excluding diaryl/α,β-unsaturated/α-hetero) is 1. The van der Waals surface area contributed by atoms with Gasteiger partial charge in [-0.2, -0.15) is 0 Å². The van der Waals surface area contributed by atoms with Crippen molar-refractivity contribution < 1.29 is 9.22 Å². The maximum Gasteiger partial charge on any atom is 0.192 e. The molecule has 3 heteroatoms. The van der Waals surface area contributed by atoms with Gasteiger partial charge in [0, 0.05) is 5.56 Å². The van der Waals surface area contributed by atoms with Crippen LogP contribution in [0.2, 0.25) is 18.1 Å². The quantitative estimate of drug-likeness (QED) is 0.346. The molecule has 0 N–H and O–H groups in total. The first kappa shape index (κ1) is 20.6. The van der Waals surface area contributed by atoms with E-state index in [9.17, 15) is 4.79 Å². The van der Waals surface area contributed by atoms with Gasteiger partial charge in [-0.3, -0.25) is 4.79 Å². The van der Waals surface area contributed by atoms with E-state index in [1.165, 1.54) is 0 Å². The van der Waals surface area contributed by atoms with Crippen LogP contribution in [0.5, 0.6) is 0 Å². The first-order valence-electron chi connectivity index (χ1n) is 9.92. The van der Waals surface area contributed by atoms with Gasteiger partial charge < -0.3 is 4.43 Å². The highest BCUT2D eigenvalue weighted by Gasteiger charge is 2.37. The average molecular weight is 369 g/mol. The predicted molar refractivity (Wildman–Crippen MR) is 112 cm³/mol. The fourth-order valence-corrected chi connectivity index (χ4v) is 6.49. The monoisotopic (exact) mass is 368 g/mol. The first-order valence-corrected chi connectivity index (χ1v) is 12.5. The minimum Gasteiger partial charge on any atom is -0.409 e. The minimum atomic E-state index is -1.84. The molecule has 2 nitrogen and oxygen atoms in total. The molecule has 2 rings (SSSR count). The van der Waals surface area contributed by atoms with Crippen molar-refractivity contribution in [3.8, 4) is 0 Å².